The Morgan fingerprint density at radius 2 is 2.16 bits per heavy atom. The van der Waals surface area contributed by atoms with Gasteiger partial charge < -0.3 is 20.7 Å². The third-order valence-corrected chi connectivity index (χ3v) is 6.00. The molecule has 0 bridgehead atoms. The topological polar surface area (TPSA) is 108 Å². The van der Waals surface area contributed by atoms with Gasteiger partial charge in [-0.15, -0.1) is 0 Å². The Labute approximate surface area is 185 Å². The summed E-state index contributed by atoms with van der Waals surface area (Å²) in [4.78, 5) is 32.8. The lowest BCUT2D eigenvalue weighted by Crippen LogP contribution is -2.39. The second-order valence-corrected chi connectivity index (χ2v) is 8.11. The number of carbonyl (C=O) groups is 2. The van der Waals surface area contributed by atoms with Crippen LogP contribution in [0, 0.1) is 5.82 Å². The van der Waals surface area contributed by atoms with Gasteiger partial charge in [-0.25, -0.2) is 9.37 Å². The van der Waals surface area contributed by atoms with Crippen LogP contribution >= 0.6 is 0 Å². The molecule has 32 heavy (non-hydrogen) atoms. The standard InChI is InChI=1S/C22H27FN6O3/c1-32-20(31)12-29-8-7-14-5-6-16(9-15(14)11-29)26-22-24-10-17(23)21(28-22)27-19-4-2-3-18(19)25-13-30/h5-6,9-10,13,18-19H,2-4,7-8,11-12H2,1H3,(H,25,30)(H2,24,26,27,28)/t18-,19+/m1/s1. The number of halogens is 1. The summed E-state index contributed by atoms with van der Waals surface area (Å²) in [7, 11) is 1.39. The van der Waals surface area contributed by atoms with E-state index in [1.54, 1.807) is 0 Å². The van der Waals surface area contributed by atoms with E-state index in [4.69, 9.17) is 4.74 Å². The van der Waals surface area contributed by atoms with E-state index in [1.165, 1.54) is 12.7 Å². The van der Waals surface area contributed by atoms with Crippen molar-refractivity contribution in [3.8, 4) is 0 Å². The molecule has 1 aliphatic heterocycles. The molecule has 170 valence electrons. The molecule has 2 heterocycles. The highest BCUT2D eigenvalue weighted by molar-refractivity contribution is 5.71. The maximum Gasteiger partial charge on any atom is 0.319 e. The van der Waals surface area contributed by atoms with Gasteiger partial charge in [0.05, 0.1) is 19.9 Å². The molecular weight excluding hydrogens is 415 g/mol. The van der Waals surface area contributed by atoms with Crippen molar-refractivity contribution in [3.63, 3.8) is 0 Å². The average molecular weight is 442 g/mol. The maximum atomic E-state index is 14.3. The normalized spacial score (nSPS) is 20.3. The van der Waals surface area contributed by atoms with Crippen LogP contribution < -0.4 is 16.0 Å². The predicted octanol–water partition coefficient (Wildman–Crippen LogP) is 1.97. The Bertz CT molecular complexity index is 988. The summed E-state index contributed by atoms with van der Waals surface area (Å²) in [6.45, 7) is 1.70. The number of anilines is 3. The molecule has 1 aromatic carbocycles. The van der Waals surface area contributed by atoms with Gasteiger partial charge >= 0.3 is 5.97 Å². The maximum absolute atomic E-state index is 14.3. The number of fused-ring (bicyclic) bond motifs is 1. The van der Waals surface area contributed by atoms with Crippen LogP contribution in [0.5, 0.6) is 0 Å². The highest BCUT2D eigenvalue weighted by atomic mass is 19.1. The van der Waals surface area contributed by atoms with Crippen LogP contribution in [-0.2, 0) is 27.3 Å². The molecule has 2 aliphatic rings. The van der Waals surface area contributed by atoms with Crippen molar-refractivity contribution in [3.05, 3.63) is 41.3 Å². The van der Waals surface area contributed by atoms with Crippen molar-refractivity contribution in [2.24, 2.45) is 0 Å². The van der Waals surface area contributed by atoms with Crippen molar-refractivity contribution < 1.29 is 18.7 Å². The van der Waals surface area contributed by atoms with Gasteiger partial charge in [-0.3, -0.25) is 14.5 Å². The van der Waals surface area contributed by atoms with Crippen molar-refractivity contribution in [1.29, 1.82) is 0 Å². The molecule has 0 unspecified atom stereocenters. The summed E-state index contributed by atoms with van der Waals surface area (Å²) in [6, 6.07) is 5.85. The molecule has 1 aromatic heterocycles. The number of ether oxygens (including phenoxy) is 1. The van der Waals surface area contributed by atoms with Crippen LogP contribution in [0.4, 0.5) is 21.8 Å². The number of rotatable bonds is 8. The molecule has 1 saturated carbocycles. The Kier molecular flexibility index (Phi) is 6.79. The minimum Gasteiger partial charge on any atom is -0.468 e. The summed E-state index contributed by atoms with van der Waals surface area (Å²) < 4.78 is 19.1. The van der Waals surface area contributed by atoms with E-state index in [0.717, 1.165) is 49.7 Å². The molecule has 1 aliphatic carbocycles. The van der Waals surface area contributed by atoms with Gasteiger partial charge in [0.1, 0.15) is 0 Å². The Morgan fingerprint density at radius 3 is 2.97 bits per heavy atom. The fraction of sp³-hybridized carbons (Fsp3) is 0.455. The van der Waals surface area contributed by atoms with Crippen LogP contribution in [0.25, 0.3) is 0 Å². The molecule has 3 N–H and O–H groups in total. The summed E-state index contributed by atoms with van der Waals surface area (Å²) in [6.07, 6.45) is 5.27. The zero-order valence-electron chi connectivity index (χ0n) is 17.9. The van der Waals surface area contributed by atoms with Gasteiger partial charge in [0.25, 0.3) is 0 Å². The summed E-state index contributed by atoms with van der Waals surface area (Å²) in [5.41, 5.74) is 3.12. The van der Waals surface area contributed by atoms with Gasteiger partial charge in [-0.2, -0.15) is 4.98 Å². The fourth-order valence-electron chi connectivity index (χ4n) is 4.33. The van der Waals surface area contributed by atoms with Crippen LogP contribution in [0.3, 0.4) is 0 Å². The number of hydrogen-bond donors (Lipinski definition) is 3. The first kappa shape index (κ1) is 21.9. The average Bonchev–Trinajstić information content (AvgIpc) is 3.22. The van der Waals surface area contributed by atoms with Crippen LogP contribution in [0.15, 0.2) is 24.4 Å². The van der Waals surface area contributed by atoms with E-state index >= 15 is 0 Å². The van der Waals surface area contributed by atoms with Crippen molar-refractivity contribution in [2.75, 3.05) is 30.8 Å². The largest absolute Gasteiger partial charge is 0.468 e. The molecule has 4 rings (SSSR count). The van der Waals surface area contributed by atoms with Crippen LogP contribution in [-0.4, -0.2) is 59.5 Å². The summed E-state index contributed by atoms with van der Waals surface area (Å²) >= 11 is 0. The summed E-state index contributed by atoms with van der Waals surface area (Å²) in [5.74, 6) is -0.421. The molecule has 1 amide bonds. The second kappa shape index (κ2) is 9.90. The highest BCUT2D eigenvalue weighted by Crippen LogP contribution is 2.26. The number of hydrogen-bond acceptors (Lipinski definition) is 8. The Balaban J connectivity index is 1.45. The van der Waals surface area contributed by atoms with E-state index in [-0.39, 0.29) is 36.4 Å². The first-order valence-electron chi connectivity index (χ1n) is 10.7. The quantitative estimate of drug-likeness (QED) is 0.421. The monoisotopic (exact) mass is 442 g/mol. The lowest BCUT2D eigenvalue weighted by atomic mass is 9.99. The van der Waals surface area contributed by atoms with Gasteiger partial charge in [0.15, 0.2) is 11.6 Å². The van der Waals surface area contributed by atoms with E-state index in [1.807, 2.05) is 23.1 Å². The lowest BCUT2D eigenvalue weighted by molar-refractivity contribution is -0.142. The molecular formula is C22H27FN6O3. The number of esters is 1. The zero-order chi connectivity index (χ0) is 22.5. The van der Waals surface area contributed by atoms with E-state index < -0.39 is 5.82 Å². The van der Waals surface area contributed by atoms with E-state index in [2.05, 4.69) is 25.9 Å². The van der Waals surface area contributed by atoms with Crippen molar-refractivity contribution in [2.45, 2.75) is 44.3 Å². The van der Waals surface area contributed by atoms with Crippen molar-refractivity contribution in [1.82, 2.24) is 20.2 Å². The minimum absolute atomic E-state index is 0.0492. The Hall–Kier alpha value is -3.27. The molecule has 0 spiro atoms. The molecule has 1 fully saturated rings. The van der Waals surface area contributed by atoms with E-state index in [0.29, 0.717) is 13.0 Å². The number of methoxy groups -OCH3 is 1. The number of nitrogens with zero attached hydrogens (tertiary/aromatic N) is 3. The third kappa shape index (κ3) is 5.13. The second-order valence-electron chi connectivity index (χ2n) is 8.11. The lowest BCUT2D eigenvalue weighted by Gasteiger charge is -2.28. The predicted molar refractivity (Wildman–Crippen MR) is 117 cm³/mol. The third-order valence-electron chi connectivity index (χ3n) is 6.00. The molecule has 9 nitrogen and oxygen atoms in total. The molecule has 0 saturated heterocycles. The first-order valence-corrected chi connectivity index (χ1v) is 10.7. The van der Waals surface area contributed by atoms with Gasteiger partial charge in [0, 0.05) is 30.9 Å². The fourth-order valence-corrected chi connectivity index (χ4v) is 4.33. The number of carbonyl (C=O) groups excluding carboxylic acids is 2. The molecule has 2 aromatic rings. The number of nitrogens with one attached hydrogen (secondary N) is 3. The molecule has 2 atom stereocenters. The van der Waals surface area contributed by atoms with E-state index in [9.17, 15) is 14.0 Å². The van der Waals surface area contributed by atoms with Crippen LogP contribution in [0.2, 0.25) is 0 Å². The number of benzene rings is 1. The van der Waals surface area contributed by atoms with Crippen molar-refractivity contribution >= 4 is 29.8 Å². The SMILES string of the molecule is COC(=O)CN1CCc2ccc(Nc3ncc(F)c(N[C@H]4CCC[C@H]4NC=O)n3)cc2C1. The van der Waals surface area contributed by atoms with Gasteiger partial charge in [0.2, 0.25) is 12.4 Å². The number of aromatic nitrogens is 2. The smallest absolute Gasteiger partial charge is 0.319 e. The van der Waals surface area contributed by atoms with Gasteiger partial charge in [-0.05, 0) is 48.9 Å². The molecule has 0 radical (unpaired) electrons. The van der Waals surface area contributed by atoms with Gasteiger partial charge in [-0.1, -0.05) is 6.07 Å². The minimum atomic E-state index is -0.545. The highest BCUT2D eigenvalue weighted by Gasteiger charge is 2.28. The Morgan fingerprint density at radius 1 is 1.31 bits per heavy atom. The zero-order valence-corrected chi connectivity index (χ0v) is 17.9. The summed E-state index contributed by atoms with van der Waals surface area (Å²) in [5, 5.41) is 9.03. The number of amides is 1. The molecule has 10 heteroatoms. The first-order chi connectivity index (χ1) is 15.6. The van der Waals surface area contributed by atoms with Crippen LogP contribution in [0.1, 0.15) is 30.4 Å².